The first-order valence-corrected chi connectivity index (χ1v) is 8.42. The van der Waals surface area contributed by atoms with E-state index >= 15 is 0 Å². The summed E-state index contributed by atoms with van der Waals surface area (Å²) in [5.74, 6) is 0. The summed E-state index contributed by atoms with van der Waals surface area (Å²) >= 11 is 0. The maximum Gasteiger partial charge on any atom is 0.328 e. The molecule has 0 aliphatic rings. The minimum Gasteiger partial charge on any atom is -0.295 e. The first kappa shape index (κ1) is 15.4. The molecular formula is C15H16N4O3S. The molecule has 0 radical (unpaired) electrons. The number of aryl methyl sites for hydroxylation is 2. The summed E-state index contributed by atoms with van der Waals surface area (Å²) < 4.78 is 30.3. The fraction of sp³-hybridized carbons (Fsp3) is 0.200. The van der Waals surface area contributed by atoms with E-state index in [9.17, 15) is 13.2 Å². The number of benzene rings is 1. The van der Waals surface area contributed by atoms with Crippen LogP contribution in [0.15, 0.2) is 52.4 Å². The van der Waals surface area contributed by atoms with Gasteiger partial charge in [0.1, 0.15) is 0 Å². The predicted octanol–water partition coefficient (Wildman–Crippen LogP) is 0.750. The number of aromatic nitrogens is 3. The standard InChI is InChI=1S/C15H16N4O3S/c1-18-13-4-3-12(9-14(13)19(2)15(18)20)23(21,22)17-10-11-5-7-16-8-6-11/h3-9,17H,10H2,1-2H3. The predicted molar refractivity (Wildman–Crippen MR) is 86.4 cm³/mol. The Labute approximate surface area is 133 Å². The van der Waals surface area contributed by atoms with Crippen molar-refractivity contribution in [2.45, 2.75) is 11.4 Å². The van der Waals surface area contributed by atoms with E-state index in [0.717, 1.165) is 5.56 Å². The molecule has 0 saturated carbocycles. The summed E-state index contributed by atoms with van der Waals surface area (Å²) in [7, 11) is -0.395. The van der Waals surface area contributed by atoms with Gasteiger partial charge in [-0.1, -0.05) is 0 Å². The average Bonchev–Trinajstić information content (AvgIpc) is 2.78. The number of hydrogen-bond donors (Lipinski definition) is 1. The zero-order chi connectivity index (χ0) is 16.6. The van der Waals surface area contributed by atoms with E-state index in [1.807, 2.05) is 0 Å². The summed E-state index contributed by atoms with van der Waals surface area (Å²) in [6.45, 7) is 0.177. The largest absolute Gasteiger partial charge is 0.328 e. The molecule has 0 bridgehead atoms. The molecule has 0 aliphatic carbocycles. The highest BCUT2D eigenvalue weighted by molar-refractivity contribution is 7.89. The van der Waals surface area contributed by atoms with Gasteiger partial charge in [-0.3, -0.25) is 14.1 Å². The molecule has 2 aromatic heterocycles. The molecule has 1 aromatic carbocycles. The molecule has 23 heavy (non-hydrogen) atoms. The molecule has 7 nitrogen and oxygen atoms in total. The third-order valence-electron chi connectivity index (χ3n) is 3.77. The zero-order valence-electron chi connectivity index (χ0n) is 12.7. The second-order valence-electron chi connectivity index (χ2n) is 5.23. The highest BCUT2D eigenvalue weighted by Gasteiger charge is 2.16. The van der Waals surface area contributed by atoms with Crippen molar-refractivity contribution in [1.82, 2.24) is 18.8 Å². The Kier molecular flexibility index (Phi) is 3.78. The minimum atomic E-state index is -3.67. The second kappa shape index (κ2) is 5.64. The lowest BCUT2D eigenvalue weighted by molar-refractivity contribution is 0.581. The van der Waals surface area contributed by atoms with E-state index in [4.69, 9.17) is 0 Å². The quantitative estimate of drug-likeness (QED) is 0.764. The summed E-state index contributed by atoms with van der Waals surface area (Å²) in [4.78, 5) is 15.9. The molecule has 3 aromatic rings. The highest BCUT2D eigenvalue weighted by atomic mass is 32.2. The van der Waals surface area contributed by atoms with Crippen molar-refractivity contribution in [3.63, 3.8) is 0 Å². The van der Waals surface area contributed by atoms with Gasteiger partial charge < -0.3 is 0 Å². The molecule has 0 atom stereocenters. The van der Waals surface area contributed by atoms with Crippen molar-refractivity contribution in [3.8, 4) is 0 Å². The second-order valence-corrected chi connectivity index (χ2v) is 7.00. The number of hydrogen-bond acceptors (Lipinski definition) is 4. The van der Waals surface area contributed by atoms with Crippen LogP contribution in [0.1, 0.15) is 5.56 Å². The molecule has 0 fully saturated rings. The van der Waals surface area contributed by atoms with Crippen molar-refractivity contribution in [3.05, 3.63) is 58.8 Å². The molecule has 0 aliphatic heterocycles. The lowest BCUT2D eigenvalue weighted by Crippen LogP contribution is -2.23. The first-order valence-electron chi connectivity index (χ1n) is 6.94. The van der Waals surface area contributed by atoms with Crippen LogP contribution in [0, 0.1) is 0 Å². The van der Waals surface area contributed by atoms with Crippen LogP contribution >= 0.6 is 0 Å². The lowest BCUT2D eigenvalue weighted by atomic mass is 10.3. The third-order valence-corrected chi connectivity index (χ3v) is 5.17. The van der Waals surface area contributed by atoms with Crippen molar-refractivity contribution in [1.29, 1.82) is 0 Å². The van der Waals surface area contributed by atoms with Crippen LogP contribution < -0.4 is 10.4 Å². The molecule has 3 rings (SSSR count). The molecule has 0 spiro atoms. The smallest absolute Gasteiger partial charge is 0.295 e. The third kappa shape index (κ3) is 2.78. The van der Waals surface area contributed by atoms with E-state index in [2.05, 4.69) is 9.71 Å². The van der Waals surface area contributed by atoms with Gasteiger partial charge in [0.05, 0.1) is 15.9 Å². The zero-order valence-corrected chi connectivity index (χ0v) is 13.5. The highest BCUT2D eigenvalue weighted by Crippen LogP contribution is 2.17. The van der Waals surface area contributed by atoms with Crippen LogP contribution in [0.3, 0.4) is 0 Å². The van der Waals surface area contributed by atoms with E-state index < -0.39 is 10.0 Å². The van der Waals surface area contributed by atoms with E-state index in [0.29, 0.717) is 11.0 Å². The normalized spacial score (nSPS) is 11.9. The van der Waals surface area contributed by atoms with Crippen LogP contribution in [0.4, 0.5) is 0 Å². The van der Waals surface area contributed by atoms with Gasteiger partial charge in [-0.15, -0.1) is 0 Å². The Hall–Kier alpha value is -2.45. The molecule has 120 valence electrons. The van der Waals surface area contributed by atoms with Crippen molar-refractivity contribution < 1.29 is 8.42 Å². The fourth-order valence-electron chi connectivity index (χ4n) is 2.42. The van der Waals surface area contributed by atoms with Crippen molar-refractivity contribution in [2.24, 2.45) is 14.1 Å². The van der Waals surface area contributed by atoms with Gasteiger partial charge in [0.2, 0.25) is 10.0 Å². The summed E-state index contributed by atoms with van der Waals surface area (Å²) in [6, 6.07) is 8.12. The SMILES string of the molecule is Cn1c(=O)n(C)c2cc(S(=O)(=O)NCc3ccncc3)ccc21. The number of imidazole rings is 1. The van der Waals surface area contributed by atoms with Gasteiger partial charge in [-0.2, -0.15) is 0 Å². The average molecular weight is 332 g/mol. The summed E-state index contributed by atoms with van der Waals surface area (Å²) in [6.07, 6.45) is 3.21. The summed E-state index contributed by atoms with van der Waals surface area (Å²) in [5, 5.41) is 0. The number of sulfonamides is 1. The Bertz CT molecular complexity index is 1020. The maximum absolute atomic E-state index is 12.4. The van der Waals surface area contributed by atoms with E-state index in [1.54, 1.807) is 44.7 Å². The Balaban J connectivity index is 1.95. The van der Waals surface area contributed by atoms with E-state index in [1.165, 1.54) is 21.3 Å². The van der Waals surface area contributed by atoms with Gasteiger partial charge in [-0.05, 0) is 35.9 Å². The van der Waals surface area contributed by atoms with Gasteiger partial charge in [0.15, 0.2) is 0 Å². The Morgan fingerprint density at radius 2 is 1.70 bits per heavy atom. The number of nitrogens with zero attached hydrogens (tertiary/aromatic N) is 3. The molecule has 0 saturated heterocycles. The van der Waals surface area contributed by atoms with Gasteiger partial charge in [0.25, 0.3) is 0 Å². The fourth-order valence-corrected chi connectivity index (χ4v) is 3.45. The number of nitrogens with one attached hydrogen (secondary N) is 1. The monoisotopic (exact) mass is 332 g/mol. The van der Waals surface area contributed by atoms with Gasteiger partial charge in [0, 0.05) is 33.0 Å². The molecule has 0 amide bonds. The molecule has 2 heterocycles. The van der Waals surface area contributed by atoms with Crippen LogP contribution in [0.5, 0.6) is 0 Å². The lowest BCUT2D eigenvalue weighted by Gasteiger charge is -2.07. The molecule has 1 N–H and O–H groups in total. The van der Waals surface area contributed by atoms with Crippen molar-refractivity contribution >= 4 is 21.1 Å². The first-order chi connectivity index (χ1) is 10.9. The number of fused-ring (bicyclic) bond motifs is 1. The van der Waals surface area contributed by atoms with Crippen LogP contribution in [-0.4, -0.2) is 22.5 Å². The van der Waals surface area contributed by atoms with Crippen molar-refractivity contribution in [2.75, 3.05) is 0 Å². The topological polar surface area (TPSA) is 86.0 Å². The molecular weight excluding hydrogens is 316 g/mol. The van der Waals surface area contributed by atoms with Crippen LogP contribution in [-0.2, 0) is 30.7 Å². The van der Waals surface area contributed by atoms with Gasteiger partial charge >= 0.3 is 5.69 Å². The Morgan fingerprint density at radius 1 is 1.04 bits per heavy atom. The van der Waals surface area contributed by atoms with Crippen LogP contribution in [0.25, 0.3) is 11.0 Å². The minimum absolute atomic E-state index is 0.125. The summed E-state index contributed by atoms with van der Waals surface area (Å²) in [5.41, 5.74) is 1.88. The molecule has 8 heteroatoms. The number of rotatable bonds is 4. The Morgan fingerprint density at radius 3 is 2.39 bits per heavy atom. The number of pyridine rings is 1. The van der Waals surface area contributed by atoms with Crippen LogP contribution in [0.2, 0.25) is 0 Å². The van der Waals surface area contributed by atoms with Gasteiger partial charge in [-0.25, -0.2) is 17.9 Å². The van der Waals surface area contributed by atoms with E-state index in [-0.39, 0.29) is 17.1 Å². The molecule has 0 unspecified atom stereocenters. The maximum atomic E-state index is 12.4.